The quantitative estimate of drug-likeness (QED) is 0.848. The molecule has 1 aromatic carbocycles. The zero-order chi connectivity index (χ0) is 16.0. The largest absolute Gasteiger partial charge is 0.416 e. The van der Waals surface area contributed by atoms with Crippen molar-refractivity contribution < 1.29 is 18.0 Å². The molecule has 0 aliphatic carbocycles. The maximum atomic E-state index is 12.4. The number of amides is 1. The standard InChI is InChI=1S/C15H21F3N2O/c1-10(2)11(3)20-14(21)9-19-8-12-4-6-13(7-5-12)15(16,17)18/h4-7,10-11,19H,8-9H2,1-3H3,(H,20,21). The molecule has 0 bridgehead atoms. The van der Waals surface area contributed by atoms with Crippen molar-refractivity contribution in [2.24, 2.45) is 5.92 Å². The molecule has 0 aliphatic rings. The van der Waals surface area contributed by atoms with E-state index in [1.165, 1.54) is 12.1 Å². The maximum absolute atomic E-state index is 12.4. The number of carbonyl (C=O) groups is 1. The zero-order valence-corrected chi connectivity index (χ0v) is 12.4. The summed E-state index contributed by atoms with van der Waals surface area (Å²) in [7, 11) is 0. The first-order valence-electron chi connectivity index (χ1n) is 6.86. The minimum absolute atomic E-state index is 0.0883. The summed E-state index contributed by atoms with van der Waals surface area (Å²) in [4.78, 5) is 11.6. The Labute approximate surface area is 122 Å². The van der Waals surface area contributed by atoms with Gasteiger partial charge in [0.1, 0.15) is 0 Å². The zero-order valence-electron chi connectivity index (χ0n) is 12.4. The van der Waals surface area contributed by atoms with Gasteiger partial charge in [-0.05, 0) is 30.5 Å². The Morgan fingerprint density at radius 1 is 1.14 bits per heavy atom. The highest BCUT2D eigenvalue weighted by Gasteiger charge is 2.29. The number of carbonyl (C=O) groups excluding carboxylic acids is 1. The summed E-state index contributed by atoms with van der Waals surface area (Å²) in [5.74, 6) is 0.229. The van der Waals surface area contributed by atoms with Crippen LogP contribution in [0.4, 0.5) is 13.2 Å². The Morgan fingerprint density at radius 2 is 1.71 bits per heavy atom. The first kappa shape index (κ1) is 17.5. The molecule has 0 saturated carbocycles. The van der Waals surface area contributed by atoms with E-state index in [1.54, 1.807) is 0 Å². The molecular formula is C15H21F3N2O. The van der Waals surface area contributed by atoms with Gasteiger partial charge in [0.15, 0.2) is 0 Å². The molecule has 1 unspecified atom stereocenters. The van der Waals surface area contributed by atoms with Crippen molar-refractivity contribution in [3.8, 4) is 0 Å². The molecule has 0 aromatic heterocycles. The van der Waals surface area contributed by atoms with E-state index in [0.29, 0.717) is 18.0 Å². The summed E-state index contributed by atoms with van der Waals surface area (Å²) >= 11 is 0. The lowest BCUT2D eigenvalue weighted by Gasteiger charge is -2.17. The van der Waals surface area contributed by atoms with Gasteiger partial charge in [-0.3, -0.25) is 4.79 Å². The number of halogens is 3. The van der Waals surface area contributed by atoms with E-state index in [-0.39, 0.29) is 18.5 Å². The lowest BCUT2D eigenvalue weighted by molar-refractivity contribution is -0.137. The van der Waals surface area contributed by atoms with Gasteiger partial charge >= 0.3 is 6.18 Å². The van der Waals surface area contributed by atoms with Crippen molar-refractivity contribution in [1.82, 2.24) is 10.6 Å². The van der Waals surface area contributed by atoms with Crippen LogP contribution in [0.1, 0.15) is 31.9 Å². The van der Waals surface area contributed by atoms with Crippen LogP contribution in [-0.4, -0.2) is 18.5 Å². The molecule has 0 radical (unpaired) electrons. The van der Waals surface area contributed by atoms with Crippen molar-refractivity contribution in [1.29, 1.82) is 0 Å². The van der Waals surface area contributed by atoms with Crippen molar-refractivity contribution >= 4 is 5.91 Å². The third-order valence-electron chi connectivity index (χ3n) is 3.28. The summed E-state index contributed by atoms with van der Waals surface area (Å²) in [6.07, 6.45) is -4.32. The normalized spacial score (nSPS) is 13.3. The molecule has 3 nitrogen and oxygen atoms in total. The van der Waals surface area contributed by atoms with Gasteiger partial charge in [-0.1, -0.05) is 26.0 Å². The van der Waals surface area contributed by atoms with Gasteiger partial charge in [0, 0.05) is 12.6 Å². The van der Waals surface area contributed by atoms with Gasteiger partial charge < -0.3 is 10.6 Å². The third-order valence-corrected chi connectivity index (χ3v) is 3.28. The number of benzene rings is 1. The lowest BCUT2D eigenvalue weighted by Crippen LogP contribution is -2.41. The van der Waals surface area contributed by atoms with E-state index in [4.69, 9.17) is 0 Å². The molecule has 0 fully saturated rings. The number of hydrogen-bond donors (Lipinski definition) is 2. The summed E-state index contributed by atoms with van der Waals surface area (Å²) in [5, 5.41) is 5.76. The minimum atomic E-state index is -4.32. The van der Waals surface area contributed by atoms with E-state index < -0.39 is 11.7 Å². The average Bonchev–Trinajstić information content (AvgIpc) is 2.38. The SMILES string of the molecule is CC(C)C(C)NC(=O)CNCc1ccc(C(F)(F)F)cc1. The average molecular weight is 302 g/mol. The molecular weight excluding hydrogens is 281 g/mol. The molecule has 0 heterocycles. The second-order valence-corrected chi connectivity index (χ2v) is 5.40. The van der Waals surface area contributed by atoms with Crippen LogP contribution in [-0.2, 0) is 17.5 Å². The Kier molecular flexibility index (Phi) is 6.20. The molecule has 0 aliphatic heterocycles. The molecule has 2 N–H and O–H groups in total. The van der Waals surface area contributed by atoms with E-state index in [9.17, 15) is 18.0 Å². The molecule has 0 saturated heterocycles. The van der Waals surface area contributed by atoms with Crippen molar-refractivity contribution in [3.05, 3.63) is 35.4 Å². The lowest BCUT2D eigenvalue weighted by atomic mass is 10.1. The second kappa shape index (κ2) is 7.45. The van der Waals surface area contributed by atoms with Gasteiger partial charge in [0.2, 0.25) is 5.91 Å². The van der Waals surface area contributed by atoms with E-state index in [2.05, 4.69) is 10.6 Å². The molecule has 1 atom stereocenters. The van der Waals surface area contributed by atoms with Gasteiger partial charge in [-0.2, -0.15) is 13.2 Å². The van der Waals surface area contributed by atoms with E-state index in [1.807, 2.05) is 20.8 Å². The fourth-order valence-electron chi connectivity index (χ4n) is 1.60. The highest BCUT2D eigenvalue weighted by Crippen LogP contribution is 2.28. The van der Waals surface area contributed by atoms with Crippen LogP contribution in [0.5, 0.6) is 0 Å². The first-order valence-corrected chi connectivity index (χ1v) is 6.86. The van der Waals surface area contributed by atoms with Crippen LogP contribution >= 0.6 is 0 Å². The van der Waals surface area contributed by atoms with Crippen molar-refractivity contribution in [3.63, 3.8) is 0 Å². The highest BCUT2D eigenvalue weighted by molar-refractivity contribution is 5.78. The van der Waals surface area contributed by atoms with Gasteiger partial charge in [0.05, 0.1) is 12.1 Å². The van der Waals surface area contributed by atoms with Crippen molar-refractivity contribution in [2.45, 2.75) is 39.5 Å². The minimum Gasteiger partial charge on any atom is -0.352 e. The molecule has 21 heavy (non-hydrogen) atoms. The van der Waals surface area contributed by atoms with E-state index in [0.717, 1.165) is 12.1 Å². The van der Waals surface area contributed by atoms with Gasteiger partial charge in [-0.15, -0.1) is 0 Å². The molecule has 0 spiro atoms. The van der Waals surface area contributed by atoms with Crippen LogP contribution in [0.3, 0.4) is 0 Å². The molecule has 1 amide bonds. The fraction of sp³-hybridized carbons (Fsp3) is 0.533. The summed E-state index contributed by atoms with van der Waals surface area (Å²) in [5.41, 5.74) is 0.0301. The van der Waals surface area contributed by atoms with Crippen molar-refractivity contribution in [2.75, 3.05) is 6.54 Å². The third kappa shape index (κ3) is 6.16. The Bertz CT molecular complexity index is 455. The fourth-order valence-corrected chi connectivity index (χ4v) is 1.60. The smallest absolute Gasteiger partial charge is 0.352 e. The predicted molar refractivity (Wildman–Crippen MR) is 75.6 cm³/mol. The van der Waals surface area contributed by atoms with Crippen LogP contribution in [0.2, 0.25) is 0 Å². The topological polar surface area (TPSA) is 41.1 Å². The molecule has 6 heteroatoms. The Morgan fingerprint density at radius 3 is 2.19 bits per heavy atom. The molecule has 1 aromatic rings. The summed E-state index contributed by atoms with van der Waals surface area (Å²) in [6.45, 7) is 6.44. The molecule has 1 rings (SSSR count). The number of alkyl halides is 3. The number of hydrogen-bond acceptors (Lipinski definition) is 2. The van der Waals surface area contributed by atoms with Crippen LogP contribution in [0, 0.1) is 5.92 Å². The van der Waals surface area contributed by atoms with Crippen LogP contribution in [0.25, 0.3) is 0 Å². The van der Waals surface area contributed by atoms with Crippen LogP contribution in [0.15, 0.2) is 24.3 Å². The maximum Gasteiger partial charge on any atom is 0.416 e. The van der Waals surface area contributed by atoms with E-state index >= 15 is 0 Å². The van der Waals surface area contributed by atoms with Crippen LogP contribution < -0.4 is 10.6 Å². The Hall–Kier alpha value is -1.56. The highest BCUT2D eigenvalue weighted by atomic mass is 19.4. The number of rotatable bonds is 6. The first-order chi connectivity index (χ1) is 9.70. The Balaban J connectivity index is 2.38. The number of nitrogens with one attached hydrogen (secondary N) is 2. The van der Waals surface area contributed by atoms with Gasteiger partial charge in [-0.25, -0.2) is 0 Å². The second-order valence-electron chi connectivity index (χ2n) is 5.40. The summed E-state index contributed by atoms with van der Waals surface area (Å²) in [6, 6.07) is 4.98. The predicted octanol–water partition coefficient (Wildman–Crippen LogP) is 2.96. The monoisotopic (exact) mass is 302 g/mol. The summed E-state index contributed by atoms with van der Waals surface area (Å²) < 4.78 is 37.2. The molecule has 118 valence electrons. The van der Waals surface area contributed by atoms with Gasteiger partial charge in [0.25, 0.3) is 0 Å².